The Morgan fingerprint density at radius 3 is 2.43 bits per heavy atom. The standard InChI is InChI=1S/C16H22N2O3/c1-12-7-10-18(11-8-12)16(21)17-9-6-13-2-4-14(5-3-13)15(19)20/h2-5,12H,6-11H2,1H3,(H,17,21)(H,19,20). The molecule has 1 heterocycles. The topological polar surface area (TPSA) is 69.6 Å². The molecule has 5 nitrogen and oxygen atoms in total. The number of carboxylic acid groups (broad SMARTS) is 1. The number of likely N-dealkylation sites (tertiary alicyclic amines) is 1. The molecule has 114 valence electrons. The first-order chi connectivity index (χ1) is 10.1. The Hall–Kier alpha value is -2.04. The summed E-state index contributed by atoms with van der Waals surface area (Å²) in [5.74, 6) is -0.212. The number of nitrogens with zero attached hydrogens (tertiary/aromatic N) is 1. The molecule has 0 atom stereocenters. The molecule has 2 amide bonds. The van der Waals surface area contributed by atoms with Gasteiger partial charge in [0.1, 0.15) is 0 Å². The van der Waals surface area contributed by atoms with Gasteiger partial charge in [-0.05, 0) is 42.9 Å². The van der Waals surface area contributed by atoms with Crippen molar-refractivity contribution in [1.82, 2.24) is 10.2 Å². The van der Waals surface area contributed by atoms with Crippen molar-refractivity contribution in [3.63, 3.8) is 0 Å². The van der Waals surface area contributed by atoms with E-state index in [1.807, 2.05) is 4.90 Å². The Labute approximate surface area is 125 Å². The van der Waals surface area contributed by atoms with E-state index in [0.717, 1.165) is 31.5 Å². The molecule has 21 heavy (non-hydrogen) atoms. The molecule has 1 aliphatic heterocycles. The summed E-state index contributed by atoms with van der Waals surface area (Å²) < 4.78 is 0. The highest BCUT2D eigenvalue weighted by Crippen LogP contribution is 2.15. The molecule has 1 fully saturated rings. The molecule has 1 saturated heterocycles. The summed E-state index contributed by atoms with van der Waals surface area (Å²) in [6.07, 6.45) is 2.85. The van der Waals surface area contributed by atoms with Crippen LogP contribution in [0.1, 0.15) is 35.7 Å². The van der Waals surface area contributed by atoms with E-state index in [4.69, 9.17) is 5.11 Å². The SMILES string of the molecule is CC1CCN(C(=O)NCCc2ccc(C(=O)O)cc2)CC1. The fraction of sp³-hybridized carbons (Fsp3) is 0.500. The Morgan fingerprint density at radius 1 is 1.24 bits per heavy atom. The van der Waals surface area contributed by atoms with Gasteiger partial charge in [0, 0.05) is 19.6 Å². The summed E-state index contributed by atoms with van der Waals surface area (Å²) >= 11 is 0. The fourth-order valence-corrected chi connectivity index (χ4v) is 2.45. The first-order valence-corrected chi connectivity index (χ1v) is 7.41. The lowest BCUT2D eigenvalue weighted by atomic mass is 10.00. The third-order valence-corrected chi connectivity index (χ3v) is 3.96. The molecular weight excluding hydrogens is 268 g/mol. The molecule has 0 saturated carbocycles. The van der Waals surface area contributed by atoms with E-state index in [2.05, 4.69) is 12.2 Å². The average Bonchev–Trinajstić information content (AvgIpc) is 2.48. The van der Waals surface area contributed by atoms with Crippen LogP contribution < -0.4 is 5.32 Å². The Balaban J connectivity index is 1.73. The normalized spacial score (nSPS) is 15.8. The van der Waals surface area contributed by atoms with Gasteiger partial charge >= 0.3 is 12.0 Å². The van der Waals surface area contributed by atoms with Crippen LogP contribution in [0.5, 0.6) is 0 Å². The largest absolute Gasteiger partial charge is 0.478 e. The highest BCUT2D eigenvalue weighted by Gasteiger charge is 2.19. The number of hydrogen-bond acceptors (Lipinski definition) is 2. The van der Waals surface area contributed by atoms with E-state index < -0.39 is 5.97 Å². The zero-order valence-corrected chi connectivity index (χ0v) is 12.3. The lowest BCUT2D eigenvalue weighted by Gasteiger charge is -2.30. The van der Waals surface area contributed by atoms with Crippen molar-refractivity contribution in [3.05, 3.63) is 35.4 Å². The van der Waals surface area contributed by atoms with E-state index in [9.17, 15) is 9.59 Å². The van der Waals surface area contributed by atoms with Gasteiger partial charge in [-0.3, -0.25) is 0 Å². The van der Waals surface area contributed by atoms with Crippen LogP contribution in [-0.2, 0) is 6.42 Å². The van der Waals surface area contributed by atoms with Crippen LogP contribution in [0, 0.1) is 5.92 Å². The predicted octanol–water partition coefficient (Wildman–Crippen LogP) is 2.37. The van der Waals surface area contributed by atoms with Crippen LogP contribution in [-0.4, -0.2) is 41.6 Å². The second kappa shape index (κ2) is 7.11. The number of carbonyl (C=O) groups excluding carboxylic acids is 1. The molecule has 0 bridgehead atoms. The number of urea groups is 1. The Kier molecular flexibility index (Phi) is 5.20. The maximum absolute atomic E-state index is 12.0. The lowest BCUT2D eigenvalue weighted by molar-refractivity contribution is 0.0697. The van der Waals surface area contributed by atoms with Crippen molar-refractivity contribution in [3.8, 4) is 0 Å². The second-order valence-electron chi connectivity index (χ2n) is 5.65. The van der Waals surface area contributed by atoms with Gasteiger partial charge in [-0.25, -0.2) is 9.59 Å². The first-order valence-electron chi connectivity index (χ1n) is 7.41. The van der Waals surface area contributed by atoms with Crippen molar-refractivity contribution in [2.45, 2.75) is 26.2 Å². The summed E-state index contributed by atoms with van der Waals surface area (Å²) in [7, 11) is 0. The molecule has 0 aromatic heterocycles. The molecule has 1 aromatic carbocycles. The third-order valence-electron chi connectivity index (χ3n) is 3.96. The highest BCUT2D eigenvalue weighted by atomic mass is 16.4. The Morgan fingerprint density at radius 2 is 1.86 bits per heavy atom. The summed E-state index contributed by atoms with van der Waals surface area (Å²) in [5.41, 5.74) is 1.30. The summed E-state index contributed by atoms with van der Waals surface area (Å²) in [5, 5.41) is 11.7. The van der Waals surface area contributed by atoms with Gasteiger partial charge in [-0.1, -0.05) is 19.1 Å². The molecule has 1 aromatic rings. The quantitative estimate of drug-likeness (QED) is 0.894. The van der Waals surface area contributed by atoms with Gasteiger partial charge < -0.3 is 15.3 Å². The van der Waals surface area contributed by atoms with Crippen LogP contribution in [0.25, 0.3) is 0 Å². The van der Waals surface area contributed by atoms with E-state index in [-0.39, 0.29) is 11.6 Å². The van der Waals surface area contributed by atoms with Crippen LogP contribution in [0.4, 0.5) is 4.79 Å². The molecule has 0 radical (unpaired) electrons. The van der Waals surface area contributed by atoms with Crippen LogP contribution in [0.15, 0.2) is 24.3 Å². The van der Waals surface area contributed by atoms with Crippen molar-refractivity contribution in [2.75, 3.05) is 19.6 Å². The van der Waals surface area contributed by atoms with Crippen molar-refractivity contribution >= 4 is 12.0 Å². The van der Waals surface area contributed by atoms with E-state index in [0.29, 0.717) is 18.9 Å². The molecular formula is C16H22N2O3. The van der Waals surface area contributed by atoms with Crippen LogP contribution in [0.3, 0.4) is 0 Å². The third kappa shape index (κ3) is 4.48. The van der Waals surface area contributed by atoms with Gasteiger partial charge in [0.15, 0.2) is 0 Å². The monoisotopic (exact) mass is 290 g/mol. The summed E-state index contributed by atoms with van der Waals surface area (Å²) in [4.78, 5) is 24.6. The minimum atomic E-state index is -0.922. The summed E-state index contributed by atoms with van der Waals surface area (Å²) in [6, 6.07) is 6.76. The highest BCUT2D eigenvalue weighted by molar-refractivity contribution is 5.87. The molecule has 5 heteroatoms. The molecule has 0 aliphatic carbocycles. The first kappa shape index (κ1) is 15.4. The van der Waals surface area contributed by atoms with E-state index in [1.54, 1.807) is 24.3 Å². The average molecular weight is 290 g/mol. The number of carboxylic acids is 1. The number of rotatable bonds is 4. The summed E-state index contributed by atoms with van der Waals surface area (Å²) in [6.45, 7) is 4.45. The second-order valence-corrected chi connectivity index (χ2v) is 5.65. The smallest absolute Gasteiger partial charge is 0.335 e. The van der Waals surface area contributed by atoms with Gasteiger partial charge in [0.25, 0.3) is 0 Å². The predicted molar refractivity (Wildman–Crippen MR) is 80.5 cm³/mol. The van der Waals surface area contributed by atoms with Crippen LogP contribution >= 0.6 is 0 Å². The minimum absolute atomic E-state index is 0.00376. The Bertz CT molecular complexity index is 491. The molecule has 0 unspecified atom stereocenters. The van der Waals surface area contributed by atoms with Crippen molar-refractivity contribution < 1.29 is 14.7 Å². The zero-order chi connectivity index (χ0) is 15.2. The van der Waals surface area contributed by atoms with Crippen molar-refractivity contribution in [1.29, 1.82) is 0 Å². The number of piperidine rings is 1. The van der Waals surface area contributed by atoms with Gasteiger partial charge in [-0.2, -0.15) is 0 Å². The number of carbonyl (C=O) groups is 2. The molecule has 2 rings (SSSR count). The maximum Gasteiger partial charge on any atom is 0.335 e. The molecule has 1 aliphatic rings. The van der Waals surface area contributed by atoms with Crippen molar-refractivity contribution in [2.24, 2.45) is 5.92 Å². The van der Waals surface area contributed by atoms with Gasteiger partial charge in [-0.15, -0.1) is 0 Å². The molecule has 2 N–H and O–H groups in total. The number of nitrogens with one attached hydrogen (secondary N) is 1. The van der Waals surface area contributed by atoms with E-state index in [1.165, 1.54) is 0 Å². The lowest BCUT2D eigenvalue weighted by Crippen LogP contribution is -2.44. The van der Waals surface area contributed by atoms with Crippen LogP contribution in [0.2, 0.25) is 0 Å². The van der Waals surface area contributed by atoms with Gasteiger partial charge in [0.05, 0.1) is 5.56 Å². The number of amides is 2. The number of aromatic carboxylic acids is 1. The zero-order valence-electron chi connectivity index (χ0n) is 12.3. The fourth-order valence-electron chi connectivity index (χ4n) is 2.45. The molecule has 0 spiro atoms. The number of benzene rings is 1. The van der Waals surface area contributed by atoms with E-state index >= 15 is 0 Å². The maximum atomic E-state index is 12.0. The minimum Gasteiger partial charge on any atom is -0.478 e. The van der Waals surface area contributed by atoms with Gasteiger partial charge in [0.2, 0.25) is 0 Å². The number of hydrogen-bond donors (Lipinski definition) is 2.